The maximum atomic E-state index is 14.2. The van der Waals surface area contributed by atoms with Crippen molar-refractivity contribution in [3.05, 3.63) is 88.7 Å². The highest BCUT2D eigenvalue weighted by Gasteiger charge is 2.31. The first-order valence-corrected chi connectivity index (χ1v) is 13.1. The number of amides is 1. The first-order valence-electron chi connectivity index (χ1n) is 11.3. The summed E-state index contributed by atoms with van der Waals surface area (Å²) in [4.78, 5) is 16.9. The van der Waals surface area contributed by atoms with Crippen molar-refractivity contribution in [2.24, 2.45) is 0 Å². The normalized spacial score (nSPS) is 14.2. The number of anilines is 2. The van der Waals surface area contributed by atoms with Crippen molar-refractivity contribution in [3.63, 3.8) is 0 Å². The number of rotatable bonds is 6. The Bertz CT molecular complexity index is 1320. The van der Waals surface area contributed by atoms with Gasteiger partial charge in [-0.1, -0.05) is 41.4 Å². The van der Waals surface area contributed by atoms with E-state index in [2.05, 4.69) is 0 Å². The zero-order valence-corrected chi connectivity index (χ0v) is 21.2. The summed E-state index contributed by atoms with van der Waals surface area (Å²) in [6.07, 6.45) is 0. The Morgan fingerprint density at radius 3 is 2.26 bits per heavy atom. The summed E-state index contributed by atoms with van der Waals surface area (Å²) in [5.74, 6) is -0.621. The van der Waals surface area contributed by atoms with Crippen LogP contribution in [0.4, 0.5) is 15.8 Å². The lowest BCUT2D eigenvalue weighted by atomic mass is 10.2. The summed E-state index contributed by atoms with van der Waals surface area (Å²) in [6, 6.07) is 18.0. The maximum Gasteiger partial charge on any atom is 0.264 e. The van der Waals surface area contributed by atoms with Crippen LogP contribution in [0.25, 0.3) is 0 Å². The van der Waals surface area contributed by atoms with Crippen molar-refractivity contribution in [3.8, 4) is 0 Å². The van der Waals surface area contributed by atoms with Gasteiger partial charge in [-0.3, -0.25) is 9.10 Å². The summed E-state index contributed by atoms with van der Waals surface area (Å²) < 4.78 is 42.6. The third kappa shape index (κ3) is 5.44. The highest BCUT2D eigenvalue weighted by molar-refractivity contribution is 7.92. The monoisotopic (exact) mass is 515 g/mol. The third-order valence-corrected chi connectivity index (χ3v) is 8.15. The van der Waals surface area contributed by atoms with Gasteiger partial charge in [-0.25, -0.2) is 12.8 Å². The summed E-state index contributed by atoms with van der Waals surface area (Å²) >= 11 is 6.10. The molecule has 1 aliphatic heterocycles. The van der Waals surface area contributed by atoms with Crippen molar-refractivity contribution in [1.82, 2.24) is 4.90 Å². The zero-order chi connectivity index (χ0) is 25.2. The van der Waals surface area contributed by atoms with Crippen LogP contribution in [0.1, 0.15) is 11.1 Å². The number of benzene rings is 3. The predicted molar refractivity (Wildman–Crippen MR) is 137 cm³/mol. The lowest BCUT2D eigenvalue weighted by molar-refractivity contribution is -0.129. The van der Waals surface area contributed by atoms with Gasteiger partial charge in [0.15, 0.2) is 0 Å². The number of para-hydroxylation sites is 1. The van der Waals surface area contributed by atoms with Crippen molar-refractivity contribution in [2.75, 3.05) is 41.9 Å². The van der Waals surface area contributed by atoms with Crippen LogP contribution in [0.5, 0.6) is 0 Å². The molecule has 0 radical (unpaired) electrons. The lowest BCUT2D eigenvalue weighted by Crippen LogP contribution is -2.52. The molecule has 1 aliphatic rings. The number of hydrogen-bond acceptors (Lipinski definition) is 4. The van der Waals surface area contributed by atoms with E-state index in [0.717, 1.165) is 9.87 Å². The van der Waals surface area contributed by atoms with Crippen LogP contribution in [0.2, 0.25) is 5.02 Å². The Morgan fingerprint density at radius 2 is 1.63 bits per heavy atom. The summed E-state index contributed by atoms with van der Waals surface area (Å²) in [5, 5.41) is 0.481. The van der Waals surface area contributed by atoms with Gasteiger partial charge < -0.3 is 9.80 Å². The van der Waals surface area contributed by atoms with Gasteiger partial charge in [-0.15, -0.1) is 0 Å². The van der Waals surface area contributed by atoms with Gasteiger partial charge in [0.1, 0.15) is 12.4 Å². The van der Waals surface area contributed by atoms with Crippen LogP contribution in [-0.2, 0) is 14.8 Å². The number of sulfonamides is 1. The van der Waals surface area contributed by atoms with Crippen LogP contribution in [-0.4, -0.2) is 51.9 Å². The quantitative estimate of drug-likeness (QED) is 0.480. The van der Waals surface area contributed by atoms with Crippen LogP contribution in [0.15, 0.2) is 71.6 Å². The first kappa shape index (κ1) is 25.0. The smallest absolute Gasteiger partial charge is 0.264 e. The molecule has 0 aromatic heterocycles. The standard InChI is InChI=1S/C26H27ClFN3O3S/c1-19-7-10-22(11-8-19)35(33,34)31(24-12-9-21(27)17-20(24)2)18-26(32)30-15-13-29(14-16-30)25-6-4-3-5-23(25)28/h3-12,17H,13-16,18H2,1-2H3. The van der Waals surface area contributed by atoms with Crippen LogP contribution >= 0.6 is 11.6 Å². The molecule has 0 unspecified atom stereocenters. The zero-order valence-electron chi connectivity index (χ0n) is 19.6. The molecule has 0 atom stereocenters. The molecular weight excluding hydrogens is 489 g/mol. The van der Waals surface area contributed by atoms with E-state index in [-0.39, 0.29) is 23.2 Å². The molecule has 0 aliphatic carbocycles. The Hall–Kier alpha value is -3.10. The van der Waals surface area contributed by atoms with Gasteiger partial charge in [-0.2, -0.15) is 0 Å². The second-order valence-electron chi connectivity index (χ2n) is 8.57. The van der Waals surface area contributed by atoms with Crippen molar-refractivity contribution >= 4 is 38.9 Å². The Labute approximate surface area is 210 Å². The highest BCUT2D eigenvalue weighted by Crippen LogP contribution is 2.29. The van der Waals surface area contributed by atoms with E-state index < -0.39 is 10.0 Å². The van der Waals surface area contributed by atoms with Gasteiger partial charge in [0.25, 0.3) is 10.0 Å². The average molecular weight is 516 g/mol. The molecule has 0 N–H and O–H groups in total. The molecule has 184 valence electrons. The second-order valence-corrected chi connectivity index (χ2v) is 10.9. The molecule has 1 heterocycles. The molecule has 0 spiro atoms. The van der Waals surface area contributed by atoms with Crippen LogP contribution in [0.3, 0.4) is 0 Å². The highest BCUT2D eigenvalue weighted by atomic mass is 35.5. The molecule has 3 aromatic rings. The van der Waals surface area contributed by atoms with Gasteiger partial charge in [0.05, 0.1) is 16.3 Å². The minimum absolute atomic E-state index is 0.106. The molecule has 3 aromatic carbocycles. The topological polar surface area (TPSA) is 60.9 Å². The van der Waals surface area contributed by atoms with E-state index in [1.807, 2.05) is 11.8 Å². The number of nitrogens with zero attached hydrogens (tertiary/aromatic N) is 3. The van der Waals surface area contributed by atoms with Crippen molar-refractivity contribution < 1.29 is 17.6 Å². The molecule has 9 heteroatoms. The van der Waals surface area contributed by atoms with E-state index in [1.165, 1.54) is 6.07 Å². The van der Waals surface area contributed by atoms with Gasteiger partial charge in [0, 0.05) is 31.2 Å². The summed E-state index contributed by atoms with van der Waals surface area (Å²) in [7, 11) is -4.02. The molecule has 6 nitrogen and oxygen atoms in total. The maximum absolute atomic E-state index is 14.2. The number of carbonyl (C=O) groups excluding carboxylic acids is 1. The van der Waals surface area contributed by atoms with E-state index in [4.69, 9.17) is 11.6 Å². The van der Waals surface area contributed by atoms with Crippen molar-refractivity contribution in [2.45, 2.75) is 18.7 Å². The Kier molecular flexibility index (Phi) is 7.33. The summed E-state index contributed by atoms with van der Waals surface area (Å²) in [6.45, 7) is 4.93. The number of halogens is 2. The fourth-order valence-corrected chi connectivity index (χ4v) is 5.87. The molecule has 4 rings (SSSR count). The Morgan fingerprint density at radius 1 is 0.971 bits per heavy atom. The molecule has 0 bridgehead atoms. The fourth-order valence-electron chi connectivity index (χ4n) is 4.16. The molecule has 1 saturated heterocycles. The van der Waals surface area contributed by atoms with Crippen molar-refractivity contribution in [1.29, 1.82) is 0 Å². The average Bonchev–Trinajstić information content (AvgIpc) is 2.83. The van der Waals surface area contributed by atoms with Gasteiger partial charge >= 0.3 is 0 Å². The number of hydrogen-bond donors (Lipinski definition) is 0. The fraction of sp³-hybridized carbons (Fsp3) is 0.269. The predicted octanol–water partition coefficient (Wildman–Crippen LogP) is 4.64. The molecule has 35 heavy (non-hydrogen) atoms. The molecular formula is C26H27ClFN3O3S. The minimum atomic E-state index is -4.02. The number of aryl methyl sites for hydroxylation is 2. The SMILES string of the molecule is Cc1ccc(S(=O)(=O)N(CC(=O)N2CCN(c3ccccc3F)CC2)c2ccc(Cl)cc2C)cc1. The second kappa shape index (κ2) is 10.3. The Balaban J connectivity index is 1.57. The number of carbonyl (C=O) groups is 1. The van der Waals surface area contributed by atoms with Gasteiger partial charge in [-0.05, 0) is 61.9 Å². The molecule has 0 saturated carbocycles. The van der Waals surface area contributed by atoms with Gasteiger partial charge in [0.2, 0.25) is 5.91 Å². The lowest BCUT2D eigenvalue weighted by Gasteiger charge is -2.37. The van der Waals surface area contributed by atoms with E-state index >= 15 is 0 Å². The van der Waals surface area contributed by atoms with E-state index in [0.29, 0.717) is 48.1 Å². The molecule has 1 amide bonds. The summed E-state index contributed by atoms with van der Waals surface area (Å²) in [5.41, 5.74) is 2.47. The van der Waals surface area contributed by atoms with Crippen LogP contribution in [0, 0.1) is 19.7 Å². The van der Waals surface area contributed by atoms with E-state index in [9.17, 15) is 17.6 Å². The third-order valence-electron chi connectivity index (χ3n) is 6.14. The largest absolute Gasteiger partial charge is 0.366 e. The number of piperazine rings is 1. The molecule has 1 fully saturated rings. The first-order chi connectivity index (χ1) is 16.7. The minimum Gasteiger partial charge on any atom is -0.366 e. The van der Waals surface area contributed by atoms with E-state index in [1.54, 1.807) is 72.5 Å². The van der Waals surface area contributed by atoms with Crippen LogP contribution < -0.4 is 9.21 Å².